The summed E-state index contributed by atoms with van der Waals surface area (Å²) in [5.74, 6) is -0.994. The van der Waals surface area contributed by atoms with Crippen molar-refractivity contribution in [2.24, 2.45) is 0 Å². The van der Waals surface area contributed by atoms with E-state index >= 15 is 0 Å². The standard InChI is InChI=1S/C65H104O6/c1-4-7-10-13-16-19-22-25-28-30-32-34-37-40-43-46-49-52-55-58-64(67)70-61-62(60-69-63(66)57-54-51-48-45-42-39-36-27-24-21-18-15-12-9-6-3)71-65(68)59-56-53-50-47-44-41-38-35-33-31-29-26-23-20-17-14-11-8-5-2/h7,9-10,12,16-21,25-29,32,34,36,40,42-43,45,62H,4-6,8,11,13-15,22-24,30-31,33,35,37-39,41,44,46-61H2,1-3H3/b10-7-,12-9-,19-16-,20-17-,21-18-,28-25-,29-26-,34-32-,36-27-,43-40-,45-42-. The highest BCUT2D eigenvalue weighted by atomic mass is 16.6. The fourth-order valence-corrected chi connectivity index (χ4v) is 7.37. The van der Waals surface area contributed by atoms with E-state index in [2.05, 4.69) is 154 Å². The lowest BCUT2D eigenvalue weighted by Gasteiger charge is -2.18. The van der Waals surface area contributed by atoms with Gasteiger partial charge >= 0.3 is 17.9 Å². The Bertz CT molecular complexity index is 1550. The van der Waals surface area contributed by atoms with E-state index in [9.17, 15) is 14.4 Å². The predicted molar refractivity (Wildman–Crippen MR) is 306 cm³/mol. The van der Waals surface area contributed by atoms with Crippen LogP contribution in [-0.2, 0) is 28.6 Å². The normalized spacial score (nSPS) is 13.1. The smallest absolute Gasteiger partial charge is 0.306 e. The van der Waals surface area contributed by atoms with Gasteiger partial charge in [-0.2, -0.15) is 0 Å². The van der Waals surface area contributed by atoms with Crippen molar-refractivity contribution in [2.45, 2.75) is 245 Å². The van der Waals surface area contributed by atoms with E-state index in [1.165, 1.54) is 70.6 Å². The van der Waals surface area contributed by atoms with Crippen LogP contribution in [0, 0.1) is 0 Å². The number of carbonyl (C=O) groups is 3. The zero-order chi connectivity index (χ0) is 51.4. The summed E-state index contributed by atoms with van der Waals surface area (Å²) in [6.07, 6.45) is 81.5. The molecule has 0 aromatic carbocycles. The molecule has 0 aliphatic rings. The molecule has 0 spiro atoms. The number of ether oxygens (including phenoxy) is 3. The molecule has 0 heterocycles. The molecule has 1 unspecified atom stereocenters. The zero-order valence-corrected chi connectivity index (χ0v) is 45.7. The van der Waals surface area contributed by atoms with Crippen molar-refractivity contribution in [1.82, 2.24) is 0 Å². The van der Waals surface area contributed by atoms with E-state index in [1.807, 2.05) is 0 Å². The Balaban J connectivity index is 4.53. The maximum absolute atomic E-state index is 12.9. The van der Waals surface area contributed by atoms with Crippen molar-refractivity contribution in [3.8, 4) is 0 Å². The molecule has 0 fully saturated rings. The largest absolute Gasteiger partial charge is 0.462 e. The van der Waals surface area contributed by atoms with Crippen LogP contribution in [0.3, 0.4) is 0 Å². The molecular weight excluding hydrogens is 877 g/mol. The number of hydrogen-bond acceptors (Lipinski definition) is 6. The van der Waals surface area contributed by atoms with E-state index < -0.39 is 6.10 Å². The molecule has 0 aromatic heterocycles. The van der Waals surface area contributed by atoms with E-state index in [1.54, 1.807) is 0 Å². The minimum atomic E-state index is -0.817. The fourth-order valence-electron chi connectivity index (χ4n) is 7.37. The molecule has 1 atom stereocenters. The molecule has 6 nitrogen and oxygen atoms in total. The Morgan fingerprint density at radius 2 is 0.549 bits per heavy atom. The van der Waals surface area contributed by atoms with Gasteiger partial charge in [0.15, 0.2) is 6.10 Å². The van der Waals surface area contributed by atoms with Gasteiger partial charge < -0.3 is 14.2 Å². The van der Waals surface area contributed by atoms with E-state index in [4.69, 9.17) is 14.2 Å². The first kappa shape index (κ1) is 66.6. The van der Waals surface area contributed by atoms with Crippen LogP contribution in [0.25, 0.3) is 0 Å². The molecule has 0 aliphatic heterocycles. The molecular formula is C65H104O6. The second-order valence-corrected chi connectivity index (χ2v) is 18.4. The quantitative estimate of drug-likeness (QED) is 0.0262. The van der Waals surface area contributed by atoms with Gasteiger partial charge in [0, 0.05) is 19.3 Å². The fraction of sp³-hybridized carbons (Fsp3) is 0.615. The number of carbonyl (C=O) groups excluding carboxylic acids is 3. The minimum absolute atomic E-state index is 0.115. The van der Waals surface area contributed by atoms with Crippen molar-refractivity contribution in [2.75, 3.05) is 13.2 Å². The molecule has 71 heavy (non-hydrogen) atoms. The Labute approximate surface area is 436 Å². The first-order chi connectivity index (χ1) is 35.0. The van der Waals surface area contributed by atoms with Gasteiger partial charge in [-0.05, 0) is 135 Å². The molecule has 0 radical (unpaired) electrons. The van der Waals surface area contributed by atoms with Crippen LogP contribution < -0.4 is 0 Å². The summed E-state index contributed by atoms with van der Waals surface area (Å²) in [5, 5.41) is 0. The van der Waals surface area contributed by atoms with Crippen LogP contribution in [-0.4, -0.2) is 37.2 Å². The minimum Gasteiger partial charge on any atom is -0.462 e. The maximum Gasteiger partial charge on any atom is 0.306 e. The number of unbranched alkanes of at least 4 members (excludes halogenated alkanes) is 17. The van der Waals surface area contributed by atoms with Crippen LogP contribution in [0.15, 0.2) is 134 Å². The highest BCUT2D eigenvalue weighted by molar-refractivity contribution is 5.71. The van der Waals surface area contributed by atoms with Crippen LogP contribution in [0.2, 0.25) is 0 Å². The maximum atomic E-state index is 12.9. The molecule has 0 amide bonds. The Morgan fingerprint density at radius 3 is 0.901 bits per heavy atom. The molecule has 0 aliphatic carbocycles. The third-order valence-electron chi connectivity index (χ3n) is 11.6. The molecule has 0 rings (SSSR count). The molecule has 0 saturated heterocycles. The molecule has 0 N–H and O–H groups in total. The first-order valence-corrected chi connectivity index (χ1v) is 28.7. The summed E-state index contributed by atoms with van der Waals surface area (Å²) in [5.41, 5.74) is 0. The SMILES string of the molecule is CC/C=C\C/C=C\C/C=C\C/C=C\C/C=C\CCCCCC(=O)OCC(COC(=O)CCCC/C=C\C/C=C\C/C=C\C/C=C\CC)OC(=O)CCCCCCCCCCC/C=C\C/C=C\CCCCC. The average Bonchev–Trinajstić information content (AvgIpc) is 3.37. The van der Waals surface area contributed by atoms with E-state index in [0.717, 1.165) is 122 Å². The van der Waals surface area contributed by atoms with E-state index in [-0.39, 0.29) is 31.1 Å². The third kappa shape index (κ3) is 56.3. The Hall–Kier alpha value is -4.45. The second-order valence-electron chi connectivity index (χ2n) is 18.4. The zero-order valence-electron chi connectivity index (χ0n) is 45.7. The Morgan fingerprint density at radius 1 is 0.296 bits per heavy atom. The van der Waals surface area contributed by atoms with Gasteiger partial charge in [-0.1, -0.05) is 219 Å². The van der Waals surface area contributed by atoms with Crippen molar-refractivity contribution < 1.29 is 28.6 Å². The highest BCUT2D eigenvalue weighted by Crippen LogP contribution is 2.14. The highest BCUT2D eigenvalue weighted by Gasteiger charge is 2.19. The van der Waals surface area contributed by atoms with Crippen LogP contribution in [0.1, 0.15) is 239 Å². The van der Waals surface area contributed by atoms with Gasteiger partial charge in [0.1, 0.15) is 13.2 Å². The third-order valence-corrected chi connectivity index (χ3v) is 11.6. The van der Waals surface area contributed by atoms with Gasteiger partial charge in [-0.3, -0.25) is 14.4 Å². The topological polar surface area (TPSA) is 78.9 Å². The summed E-state index contributed by atoms with van der Waals surface area (Å²) in [4.78, 5) is 38.2. The lowest BCUT2D eigenvalue weighted by Crippen LogP contribution is -2.30. The second kappa shape index (κ2) is 58.1. The van der Waals surface area contributed by atoms with Gasteiger partial charge in [0.2, 0.25) is 0 Å². The Kier molecular flexibility index (Phi) is 54.5. The number of rotatable bonds is 50. The molecule has 6 heteroatoms. The van der Waals surface area contributed by atoms with Crippen LogP contribution in [0.5, 0.6) is 0 Å². The summed E-state index contributed by atoms with van der Waals surface area (Å²) < 4.78 is 16.8. The number of esters is 3. The lowest BCUT2D eigenvalue weighted by atomic mass is 10.1. The average molecular weight is 982 g/mol. The summed E-state index contributed by atoms with van der Waals surface area (Å²) in [6.45, 7) is 6.31. The van der Waals surface area contributed by atoms with Crippen molar-refractivity contribution in [1.29, 1.82) is 0 Å². The van der Waals surface area contributed by atoms with Gasteiger partial charge in [0.25, 0.3) is 0 Å². The molecule has 0 saturated carbocycles. The first-order valence-electron chi connectivity index (χ1n) is 28.7. The molecule has 0 aromatic rings. The summed E-state index contributed by atoms with van der Waals surface area (Å²) in [7, 11) is 0. The van der Waals surface area contributed by atoms with Gasteiger partial charge in [-0.15, -0.1) is 0 Å². The van der Waals surface area contributed by atoms with Crippen LogP contribution >= 0.6 is 0 Å². The van der Waals surface area contributed by atoms with Crippen LogP contribution in [0.4, 0.5) is 0 Å². The van der Waals surface area contributed by atoms with Crippen molar-refractivity contribution in [3.63, 3.8) is 0 Å². The van der Waals surface area contributed by atoms with Gasteiger partial charge in [0.05, 0.1) is 0 Å². The summed E-state index contributed by atoms with van der Waals surface area (Å²) in [6, 6.07) is 0. The monoisotopic (exact) mass is 981 g/mol. The number of allylic oxidation sites excluding steroid dienone is 22. The molecule has 400 valence electrons. The number of hydrogen-bond donors (Lipinski definition) is 0. The summed E-state index contributed by atoms with van der Waals surface area (Å²) >= 11 is 0. The molecule has 0 bridgehead atoms. The lowest BCUT2D eigenvalue weighted by molar-refractivity contribution is -0.167. The van der Waals surface area contributed by atoms with E-state index in [0.29, 0.717) is 25.7 Å². The van der Waals surface area contributed by atoms with Crippen molar-refractivity contribution >= 4 is 17.9 Å². The van der Waals surface area contributed by atoms with Gasteiger partial charge in [-0.25, -0.2) is 0 Å². The van der Waals surface area contributed by atoms with Crippen molar-refractivity contribution in [3.05, 3.63) is 134 Å². The predicted octanol–water partition coefficient (Wildman–Crippen LogP) is 19.4.